The normalized spacial score (nSPS) is 24.5. The standard InChI is InChI=1S/C17H31N5O2/c1-20-16(13-22-8-5-15(23)6-9-22)18-19-17(20)14-4-3-7-21(12-14)10-11-24-2/h14-15,23H,3-13H2,1-2H3. The maximum absolute atomic E-state index is 9.63. The van der Waals surface area contributed by atoms with Crippen molar-refractivity contribution in [3.05, 3.63) is 11.6 Å². The van der Waals surface area contributed by atoms with Crippen LogP contribution in [0.3, 0.4) is 0 Å². The van der Waals surface area contributed by atoms with E-state index < -0.39 is 0 Å². The highest BCUT2D eigenvalue weighted by Crippen LogP contribution is 2.26. The number of aliphatic hydroxyl groups is 1. The van der Waals surface area contributed by atoms with E-state index in [9.17, 15) is 5.11 Å². The van der Waals surface area contributed by atoms with Gasteiger partial charge in [0.25, 0.3) is 0 Å². The average Bonchev–Trinajstić information content (AvgIpc) is 2.96. The average molecular weight is 337 g/mol. The third kappa shape index (κ3) is 4.33. The largest absolute Gasteiger partial charge is 0.393 e. The lowest BCUT2D eigenvalue weighted by atomic mass is 9.97. The van der Waals surface area contributed by atoms with Crippen molar-refractivity contribution in [2.45, 2.75) is 44.2 Å². The smallest absolute Gasteiger partial charge is 0.146 e. The molecule has 24 heavy (non-hydrogen) atoms. The van der Waals surface area contributed by atoms with E-state index in [-0.39, 0.29) is 6.10 Å². The van der Waals surface area contributed by atoms with Crippen LogP contribution in [0.25, 0.3) is 0 Å². The highest BCUT2D eigenvalue weighted by Gasteiger charge is 2.26. The minimum atomic E-state index is -0.128. The molecule has 0 bridgehead atoms. The lowest BCUT2D eigenvalue weighted by Crippen LogP contribution is -2.37. The van der Waals surface area contributed by atoms with E-state index in [1.165, 1.54) is 12.8 Å². The molecule has 1 aromatic rings. The van der Waals surface area contributed by atoms with Gasteiger partial charge in [0, 0.05) is 46.3 Å². The van der Waals surface area contributed by atoms with E-state index in [1.54, 1.807) is 7.11 Å². The molecule has 1 unspecified atom stereocenters. The number of hydrogen-bond donors (Lipinski definition) is 1. The molecule has 0 saturated carbocycles. The molecular formula is C17H31N5O2. The molecule has 2 aliphatic rings. The van der Waals surface area contributed by atoms with Crippen molar-refractivity contribution in [2.75, 3.05) is 46.4 Å². The molecule has 7 heteroatoms. The van der Waals surface area contributed by atoms with Crippen molar-refractivity contribution in [1.29, 1.82) is 0 Å². The molecule has 7 nitrogen and oxygen atoms in total. The zero-order valence-electron chi connectivity index (χ0n) is 15.0. The predicted molar refractivity (Wildman–Crippen MR) is 91.8 cm³/mol. The van der Waals surface area contributed by atoms with Crippen LogP contribution in [0.5, 0.6) is 0 Å². The van der Waals surface area contributed by atoms with Crippen LogP contribution >= 0.6 is 0 Å². The molecule has 3 heterocycles. The number of nitrogens with zero attached hydrogens (tertiary/aromatic N) is 5. The second kappa shape index (κ2) is 8.38. The van der Waals surface area contributed by atoms with Crippen LogP contribution in [-0.2, 0) is 18.3 Å². The quantitative estimate of drug-likeness (QED) is 0.820. The zero-order valence-corrected chi connectivity index (χ0v) is 15.0. The lowest BCUT2D eigenvalue weighted by Gasteiger charge is -2.32. The molecule has 2 fully saturated rings. The number of likely N-dealkylation sites (tertiary alicyclic amines) is 2. The summed E-state index contributed by atoms with van der Waals surface area (Å²) in [5, 5.41) is 18.6. The fourth-order valence-electron chi connectivity index (χ4n) is 3.84. The molecular weight excluding hydrogens is 306 g/mol. The number of methoxy groups -OCH3 is 1. The van der Waals surface area contributed by atoms with Crippen molar-refractivity contribution in [2.24, 2.45) is 7.05 Å². The van der Waals surface area contributed by atoms with Gasteiger partial charge in [-0.1, -0.05) is 0 Å². The molecule has 3 rings (SSSR count). The highest BCUT2D eigenvalue weighted by atomic mass is 16.5. The third-order valence-corrected chi connectivity index (χ3v) is 5.40. The van der Waals surface area contributed by atoms with Crippen molar-refractivity contribution >= 4 is 0 Å². The molecule has 1 aromatic heterocycles. The molecule has 0 amide bonds. The Morgan fingerprint density at radius 2 is 1.92 bits per heavy atom. The van der Waals surface area contributed by atoms with Gasteiger partial charge in [-0.3, -0.25) is 4.90 Å². The van der Waals surface area contributed by atoms with Gasteiger partial charge in [0.15, 0.2) is 0 Å². The van der Waals surface area contributed by atoms with E-state index in [0.29, 0.717) is 5.92 Å². The Kier molecular flexibility index (Phi) is 6.21. The van der Waals surface area contributed by atoms with Crippen LogP contribution in [0.2, 0.25) is 0 Å². The minimum absolute atomic E-state index is 0.128. The van der Waals surface area contributed by atoms with Gasteiger partial charge in [0.2, 0.25) is 0 Å². The van der Waals surface area contributed by atoms with Crippen LogP contribution in [0.1, 0.15) is 43.3 Å². The fourth-order valence-corrected chi connectivity index (χ4v) is 3.84. The molecule has 136 valence electrons. The summed E-state index contributed by atoms with van der Waals surface area (Å²) >= 11 is 0. The molecule has 0 aromatic carbocycles. The van der Waals surface area contributed by atoms with E-state index in [0.717, 1.165) is 70.4 Å². The number of ether oxygens (including phenoxy) is 1. The third-order valence-electron chi connectivity index (χ3n) is 5.40. The molecule has 0 aliphatic carbocycles. The van der Waals surface area contributed by atoms with Crippen LogP contribution in [0.15, 0.2) is 0 Å². The summed E-state index contributed by atoms with van der Waals surface area (Å²) in [5.74, 6) is 2.62. The monoisotopic (exact) mass is 337 g/mol. The predicted octanol–water partition coefficient (Wildman–Crippen LogP) is 0.598. The first-order valence-electron chi connectivity index (χ1n) is 9.17. The van der Waals surface area contributed by atoms with Crippen molar-refractivity contribution < 1.29 is 9.84 Å². The Bertz CT molecular complexity index is 513. The van der Waals surface area contributed by atoms with E-state index in [1.807, 2.05) is 0 Å². The molecule has 2 saturated heterocycles. The van der Waals surface area contributed by atoms with Gasteiger partial charge in [-0.2, -0.15) is 0 Å². The van der Waals surface area contributed by atoms with E-state index in [4.69, 9.17) is 4.74 Å². The number of piperidine rings is 2. The number of hydrogen-bond acceptors (Lipinski definition) is 6. The summed E-state index contributed by atoms with van der Waals surface area (Å²) < 4.78 is 7.40. The summed E-state index contributed by atoms with van der Waals surface area (Å²) in [6.07, 6.45) is 3.99. The lowest BCUT2D eigenvalue weighted by molar-refractivity contribution is 0.0775. The second-order valence-corrected chi connectivity index (χ2v) is 7.17. The summed E-state index contributed by atoms with van der Waals surface area (Å²) in [6.45, 7) is 6.70. The van der Waals surface area contributed by atoms with Gasteiger partial charge >= 0.3 is 0 Å². The van der Waals surface area contributed by atoms with Crippen LogP contribution < -0.4 is 0 Å². The number of rotatable bonds is 6. The Balaban J connectivity index is 1.59. The maximum Gasteiger partial charge on any atom is 0.146 e. The molecule has 0 spiro atoms. The van der Waals surface area contributed by atoms with Gasteiger partial charge in [0.05, 0.1) is 19.3 Å². The summed E-state index contributed by atoms with van der Waals surface area (Å²) in [5.41, 5.74) is 0. The van der Waals surface area contributed by atoms with Crippen molar-refractivity contribution in [3.8, 4) is 0 Å². The Morgan fingerprint density at radius 1 is 1.12 bits per heavy atom. The summed E-state index contributed by atoms with van der Waals surface area (Å²) in [6, 6.07) is 0. The van der Waals surface area contributed by atoms with Gasteiger partial charge < -0.3 is 19.3 Å². The van der Waals surface area contributed by atoms with Crippen molar-refractivity contribution in [3.63, 3.8) is 0 Å². The Morgan fingerprint density at radius 3 is 2.67 bits per heavy atom. The van der Waals surface area contributed by atoms with E-state index >= 15 is 0 Å². The van der Waals surface area contributed by atoms with Gasteiger partial charge in [-0.05, 0) is 32.2 Å². The Hall–Kier alpha value is -1.02. The SMILES string of the molecule is COCCN1CCCC(c2nnc(CN3CCC(O)CC3)n2C)C1. The zero-order chi connectivity index (χ0) is 16.9. The number of aromatic nitrogens is 3. The Labute approximate surface area is 144 Å². The molecule has 0 radical (unpaired) electrons. The summed E-state index contributed by atoms with van der Waals surface area (Å²) in [7, 11) is 3.85. The highest BCUT2D eigenvalue weighted by molar-refractivity contribution is 5.04. The van der Waals surface area contributed by atoms with Gasteiger partial charge in [0.1, 0.15) is 11.6 Å². The first-order valence-corrected chi connectivity index (χ1v) is 9.17. The topological polar surface area (TPSA) is 66.7 Å². The minimum Gasteiger partial charge on any atom is -0.393 e. The maximum atomic E-state index is 9.63. The van der Waals surface area contributed by atoms with Crippen molar-refractivity contribution in [1.82, 2.24) is 24.6 Å². The fraction of sp³-hybridized carbons (Fsp3) is 0.882. The van der Waals surface area contributed by atoms with E-state index in [2.05, 4.69) is 31.6 Å². The van der Waals surface area contributed by atoms with Gasteiger partial charge in [-0.25, -0.2) is 0 Å². The van der Waals surface area contributed by atoms with Crippen LogP contribution in [0.4, 0.5) is 0 Å². The molecule has 1 N–H and O–H groups in total. The second-order valence-electron chi connectivity index (χ2n) is 7.17. The first-order chi connectivity index (χ1) is 11.7. The van der Waals surface area contributed by atoms with Crippen LogP contribution in [0, 0.1) is 0 Å². The molecule has 2 aliphatic heterocycles. The number of aliphatic hydroxyl groups excluding tert-OH is 1. The van der Waals surface area contributed by atoms with Crippen LogP contribution in [-0.4, -0.2) is 82.2 Å². The molecule has 1 atom stereocenters. The first kappa shape index (κ1) is 17.8. The summed E-state index contributed by atoms with van der Waals surface area (Å²) in [4.78, 5) is 4.84. The van der Waals surface area contributed by atoms with Gasteiger partial charge in [-0.15, -0.1) is 10.2 Å².